The van der Waals surface area contributed by atoms with Gasteiger partial charge >= 0.3 is 0 Å². The van der Waals surface area contributed by atoms with Gasteiger partial charge in [-0.05, 0) is 49.7 Å². The third-order valence-corrected chi connectivity index (χ3v) is 6.35. The Bertz CT molecular complexity index is 1040. The van der Waals surface area contributed by atoms with Crippen LogP contribution in [0.2, 0.25) is 0 Å². The number of halogens is 3. The zero-order valence-electron chi connectivity index (χ0n) is 17.4. The van der Waals surface area contributed by atoms with Crippen LogP contribution in [0.5, 0.6) is 0 Å². The number of rotatable bonds is 5. The van der Waals surface area contributed by atoms with Gasteiger partial charge in [-0.1, -0.05) is 12.1 Å². The van der Waals surface area contributed by atoms with Gasteiger partial charge in [0.1, 0.15) is 5.82 Å². The maximum absolute atomic E-state index is 14.0. The molecule has 4 rings (SSSR count). The third-order valence-electron chi connectivity index (χ3n) is 5.18. The van der Waals surface area contributed by atoms with Crippen LogP contribution in [0.3, 0.4) is 0 Å². The Balaban J connectivity index is 0.000000187. The smallest absolute Gasteiger partial charge is 0.284 e. The SMILES string of the molecule is CNC(CN)Cc1cccc(F)c1.Cc1cnn2c1-c1cc(C=O)sc1C(F)(F)CC2. The number of nitrogens with one attached hydrogen (secondary N) is 1. The standard InChI is InChI=1S/C12H10F2N2OS.C10H15FN2/c1-7-5-15-16-3-2-12(13,14)11-9(10(7)16)4-8(6-17)18-11;1-13-10(7-12)6-8-3-2-4-9(11)5-8/h4-6H,2-3H2,1H3;2-5,10,13H,6-7,12H2,1H3. The molecule has 5 nitrogen and oxygen atoms in total. The number of fused-ring (bicyclic) bond motifs is 3. The van der Waals surface area contributed by atoms with E-state index in [9.17, 15) is 18.0 Å². The number of carbonyl (C=O) groups excluding carboxylic acids is 1. The van der Waals surface area contributed by atoms with E-state index in [1.165, 1.54) is 12.1 Å². The highest BCUT2D eigenvalue weighted by molar-refractivity contribution is 7.14. The molecule has 1 atom stereocenters. The van der Waals surface area contributed by atoms with Crippen molar-refractivity contribution in [3.8, 4) is 11.3 Å². The second-order valence-corrected chi connectivity index (χ2v) is 8.50. The van der Waals surface area contributed by atoms with E-state index < -0.39 is 5.92 Å². The van der Waals surface area contributed by atoms with E-state index in [1.807, 2.05) is 20.0 Å². The Labute approximate surface area is 183 Å². The minimum absolute atomic E-state index is 0.0213. The number of benzene rings is 1. The van der Waals surface area contributed by atoms with E-state index in [2.05, 4.69) is 10.4 Å². The van der Waals surface area contributed by atoms with Gasteiger partial charge in [-0.25, -0.2) is 13.2 Å². The van der Waals surface area contributed by atoms with Gasteiger partial charge in [-0.2, -0.15) is 5.10 Å². The molecule has 1 aromatic carbocycles. The molecule has 1 aliphatic rings. The molecule has 3 aromatic rings. The summed E-state index contributed by atoms with van der Waals surface area (Å²) in [4.78, 5) is 11.1. The molecule has 0 saturated carbocycles. The molecule has 0 amide bonds. The normalized spacial score (nSPS) is 15.2. The Morgan fingerprint density at radius 3 is 2.81 bits per heavy atom. The van der Waals surface area contributed by atoms with E-state index in [0.29, 0.717) is 29.0 Å². The number of nitrogens with two attached hydrogens (primary N) is 1. The number of hydrogen-bond donors (Lipinski definition) is 2. The van der Waals surface area contributed by atoms with E-state index >= 15 is 0 Å². The van der Waals surface area contributed by atoms with Crippen LogP contribution in [0.1, 0.15) is 32.1 Å². The molecule has 166 valence electrons. The predicted octanol–water partition coefficient (Wildman–Crippen LogP) is 4.14. The molecule has 31 heavy (non-hydrogen) atoms. The number of aldehydes is 1. The van der Waals surface area contributed by atoms with Crippen molar-refractivity contribution in [2.45, 2.75) is 38.3 Å². The summed E-state index contributed by atoms with van der Waals surface area (Å²) in [7, 11) is 1.86. The molecule has 1 unspecified atom stereocenters. The van der Waals surface area contributed by atoms with Gasteiger partial charge in [0.25, 0.3) is 5.92 Å². The number of aryl methyl sites for hydroxylation is 2. The maximum atomic E-state index is 14.0. The van der Waals surface area contributed by atoms with E-state index in [4.69, 9.17) is 5.73 Å². The van der Waals surface area contributed by atoms with Crippen molar-refractivity contribution in [2.75, 3.05) is 13.6 Å². The van der Waals surface area contributed by atoms with Gasteiger partial charge in [0.2, 0.25) is 0 Å². The summed E-state index contributed by atoms with van der Waals surface area (Å²) in [6, 6.07) is 8.37. The Hall–Kier alpha value is -2.49. The highest BCUT2D eigenvalue weighted by atomic mass is 32.1. The van der Waals surface area contributed by atoms with Gasteiger partial charge in [0.15, 0.2) is 6.29 Å². The highest BCUT2D eigenvalue weighted by Gasteiger charge is 2.39. The fourth-order valence-electron chi connectivity index (χ4n) is 3.53. The molecule has 2 aromatic heterocycles. The third kappa shape index (κ3) is 5.23. The minimum Gasteiger partial charge on any atom is -0.329 e. The molecule has 0 fully saturated rings. The predicted molar refractivity (Wildman–Crippen MR) is 116 cm³/mol. The molecular formula is C22H25F3N4OS. The van der Waals surface area contributed by atoms with Crippen LogP contribution in [-0.4, -0.2) is 35.7 Å². The molecule has 0 spiro atoms. The van der Waals surface area contributed by atoms with Gasteiger partial charge in [0.05, 0.1) is 21.6 Å². The topological polar surface area (TPSA) is 72.9 Å². The largest absolute Gasteiger partial charge is 0.329 e. The monoisotopic (exact) mass is 450 g/mol. The summed E-state index contributed by atoms with van der Waals surface area (Å²) in [6.07, 6.45) is 2.77. The second-order valence-electron chi connectivity index (χ2n) is 7.42. The van der Waals surface area contributed by atoms with Crippen LogP contribution < -0.4 is 11.1 Å². The summed E-state index contributed by atoms with van der Waals surface area (Å²) in [5.41, 5.74) is 8.49. The lowest BCUT2D eigenvalue weighted by Gasteiger charge is -2.13. The number of alkyl halides is 2. The van der Waals surface area contributed by atoms with Crippen LogP contribution in [0.25, 0.3) is 11.3 Å². The van der Waals surface area contributed by atoms with Crippen LogP contribution in [-0.2, 0) is 18.9 Å². The van der Waals surface area contributed by atoms with Gasteiger partial charge in [-0.15, -0.1) is 11.3 Å². The molecule has 0 radical (unpaired) electrons. The van der Waals surface area contributed by atoms with Crippen LogP contribution in [0.15, 0.2) is 36.5 Å². The first kappa shape index (κ1) is 23.2. The molecule has 0 aliphatic carbocycles. The zero-order chi connectivity index (χ0) is 22.6. The van der Waals surface area contributed by atoms with Crippen molar-refractivity contribution in [3.05, 3.63) is 63.2 Å². The lowest BCUT2D eigenvalue weighted by atomic mass is 10.1. The van der Waals surface area contributed by atoms with E-state index in [-0.39, 0.29) is 29.7 Å². The Kier molecular flexibility index (Phi) is 7.30. The van der Waals surface area contributed by atoms with Crippen molar-refractivity contribution < 1.29 is 18.0 Å². The molecular weight excluding hydrogens is 425 g/mol. The summed E-state index contributed by atoms with van der Waals surface area (Å²) in [5.74, 6) is -3.08. The van der Waals surface area contributed by atoms with E-state index in [0.717, 1.165) is 28.9 Å². The van der Waals surface area contributed by atoms with Crippen molar-refractivity contribution in [1.82, 2.24) is 15.1 Å². The average Bonchev–Trinajstić information content (AvgIpc) is 3.32. The van der Waals surface area contributed by atoms with Crippen LogP contribution >= 0.6 is 11.3 Å². The summed E-state index contributed by atoms with van der Waals surface area (Å²) in [5, 5.41) is 7.19. The fourth-order valence-corrected chi connectivity index (χ4v) is 4.50. The van der Waals surface area contributed by atoms with Crippen LogP contribution in [0, 0.1) is 12.7 Å². The van der Waals surface area contributed by atoms with Gasteiger partial charge in [-0.3, -0.25) is 9.48 Å². The molecule has 1 aliphatic heterocycles. The number of thiophene rings is 1. The zero-order valence-corrected chi connectivity index (χ0v) is 18.2. The van der Waals surface area contributed by atoms with Crippen molar-refractivity contribution >= 4 is 17.6 Å². The first-order valence-electron chi connectivity index (χ1n) is 9.91. The Morgan fingerprint density at radius 2 is 2.16 bits per heavy atom. The lowest BCUT2D eigenvalue weighted by Crippen LogP contribution is -2.35. The number of carbonyl (C=O) groups is 1. The van der Waals surface area contributed by atoms with E-state index in [1.54, 1.807) is 23.0 Å². The van der Waals surface area contributed by atoms with Crippen molar-refractivity contribution in [3.63, 3.8) is 0 Å². The lowest BCUT2D eigenvalue weighted by molar-refractivity contribution is -0.0122. The van der Waals surface area contributed by atoms with Gasteiger partial charge < -0.3 is 11.1 Å². The first-order chi connectivity index (χ1) is 14.8. The molecule has 0 bridgehead atoms. The molecule has 3 N–H and O–H groups in total. The summed E-state index contributed by atoms with van der Waals surface area (Å²) in [6.45, 7) is 2.59. The number of aromatic nitrogens is 2. The second kappa shape index (κ2) is 9.76. The van der Waals surface area contributed by atoms with Crippen molar-refractivity contribution in [1.29, 1.82) is 0 Å². The molecule has 9 heteroatoms. The minimum atomic E-state index is -2.89. The summed E-state index contributed by atoms with van der Waals surface area (Å²) >= 11 is 0.872. The quantitative estimate of drug-likeness (QED) is 0.573. The fraction of sp³-hybridized carbons (Fsp3) is 0.364. The van der Waals surface area contributed by atoms with Gasteiger partial charge in [0, 0.05) is 31.1 Å². The van der Waals surface area contributed by atoms with Crippen LogP contribution in [0.4, 0.5) is 13.2 Å². The highest BCUT2D eigenvalue weighted by Crippen LogP contribution is 2.46. The van der Waals surface area contributed by atoms with Crippen molar-refractivity contribution in [2.24, 2.45) is 5.73 Å². The maximum Gasteiger partial charge on any atom is 0.284 e. The average molecular weight is 451 g/mol. The number of hydrogen-bond acceptors (Lipinski definition) is 5. The molecule has 3 heterocycles. The first-order valence-corrected chi connectivity index (χ1v) is 10.7. The summed E-state index contributed by atoms with van der Waals surface area (Å²) < 4.78 is 42.4. The number of likely N-dealkylation sites (N-methyl/N-ethyl adjacent to an activating group) is 1. The number of nitrogens with zero attached hydrogens (tertiary/aromatic N) is 2. The Morgan fingerprint density at radius 1 is 1.39 bits per heavy atom. The molecule has 0 saturated heterocycles.